The first kappa shape index (κ1) is 22.4. The van der Waals surface area contributed by atoms with Crippen LogP contribution in [0.2, 0.25) is 0 Å². The lowest BCUT2D eigenvalue weighted by atomic mass is 9.98. The van der Waals surface area contributed by atoms with E-state index in [1.807, 2.05) is 36.4 Å². The highest BCUT2D eigenvalue weighted by Crippen LogP contribution is 2.44. The van der Waals surface area contributed by atoms with Crippen molar-refractivity contribution < 1.29 is 19.4 Å². The largest absolute Gasteiger partial charge is 0.480 e. The number of hydrogen-bond donors (Lipinski definition) is 2. The van der Waals surface area contributed by atoms with Gasteiger partial charge in [0.05, 0.1) is 6.04 Å². The van der Waals surface area contributed by atoms with Gasteiger partial charge >= 0.3 is 12.1 Å². The number of rotatable bonds is 7. The zero-order chi connectivity index (χ0) is 22.8. The van der Waals surface area contributed by atoms with Gasteiger partial charge in [-0.1, -0.05) is 48.5 Å². The molecule has 4 rings (SSSR count). The Labute approximate surface area is 198 Å². The molecule has 2 aromatic carbocycles. The van der Waals surface area contributed by atoms with Crippen molar-refractivity contribution in [3.8, 4) is 11.1 Å². The Bertz CT molecular complexity index is 1100. The third-order valence-corrected chi connectivity index (χ3v) is 7.13. The number of carboxylic acids is 1. The lowest BCUT2D eigenvalue weighted by Crippen LogP contribution is -2.49. The van der Waals surface area contributed by atoms with E-state index in [2.05, 4.69) is 38.4 Å². The molecule has 3 aromatic rings. The van der Waals surface area contributed by atoms with Gasteiger partial charge in [-0.25, -0.2) is 14.6 Å². The van der Waals surface area contributed by atoms with Crippen molar-refractivity contribution >= 4 is 39.3 Å². The number of carbonyl (C=O) groups excluding carboxylic acids is 1. The van der Waals surface area contributed by atoms with E-state index < -0.39 is 24.1 Å². The SMILES string of the molecule is CN(C)C(c1nc(Br)cs1)[C@H](NC(=O)OCC1c2ccccc2-c2ccccc21)C(=O)O. The third kappa shape index (κ3) is 4.41. The zero-order valence-corrected chi connectivity index (χ0v) is 19.9. The molecule has 1 amide bonds. The Morgan fingerprint density at radius 3 is 2.25 bits per heavy atom. The van der Waals surface area contributed by atoms with Crippen molar-refractivity contribution in [3.63, 3.8) is 0 Å². The molecule has 9 heteroatoms. The number of likely N-dealkylation sites (N-methyl/N-ethyl adjacent to an activating group) is 1. The van der Waals surface area contributed by atoms with Crippen molar-refractivity contribution in [2.75, 3.05) is 20.7 Å². The molecule has 0 saturated carbocycles. The number of benzene rings is 2. The van der Waals surface area contributed by atoms with Crippen molar-refractivity contribution in [2.45, 2.75) is 18.0 Å². The maximum Gasteiger partial charge on any atom is 0.407 e. The van der Waals surface area contributed by atoms with Crippen molar-refractivity contribution in [1.82, 2.24) is 15.2 Å². The summed E-state index contributed by atoms with van der Waals surface area (Å²) in [6, 6.07) is 14.2. The Kier molecular flexibility index (Phi) is 6.59. The second-order valence-corrected chi connectivity index (χ2v) is 9.40. The molecule has 7 nitrogen and oxygen atoms in total. The van der Waals surface area contributed by atoms with Gasteiger partial charge < -0.3 is 15.2 Å². The average Bonchev–Trinajstić information content (AvgIpc) is 3.33. The van der Waals surface area contributed by atoms with Crippen LogP contribution in [0, 0.1) is 0 Å². The monoisotopic (exact) mass is 515 g/mol. The van der Waals surface area contributed by atoms with Gasteiger partial charge in [0.25, 0.3) is 0 Å². The van der Waals surface area contributed by atoms with Gasteiger partial charge in [0.1, 0.15) is 16.2 Å². The minimum Gasteiger partial charge on any atom is -0.480 e. The fourth-order valence-electron chi connectivity index (χ4n) is 4.11. The molecule has 2 N–H and O–H groups in total. The molecule has 166 valence electrons. The van der Waals surface area contributed by atoms with Crippen molar-refractivity contribution in [3.05, 3.63) is 74.6 Å². The number of thiazole rings is 1. The summed E-state index contributed by atoms with van der Waals surface area (Å²) in [4.78, 5) is 30.7. The lowest BCUT2D eigenvalue weighted by molar-refractivity contribution is -0.141. The Balaban J connectivity index is 1.50. The highest BCUT2D eigenvalue weighted by atomic mass is 79.9. The topological polar surface area (TPSA) is 91.8 Å². The van der Waals surface area contributed by atoms with Crippen LogP contribution in [0.25, 0.3) is 11.1 Å². The van der Waals surface area contributed by atoms with Crippen LogP contribution in [0.5, 0.6) is 0 Å². The van der Waals surface area contributed by atoms with Gasteiger partial charge in [0, 0.05) is 11.3 Å². The average molecular weight is 516 g/mol. The normalized spacial score (nSPS) is 14.5. The van der Waals surface area contributed by atoms with Crippen molar-refractivity contribution in [2.24, 2.45) is 0 Å². The number of carbonyl (C=O) groups is 2. The smallest absolute Gasteiger partial charge is 0.407 e. The highest BCUT2D eigenvalue weighted by Gasteiger charge is 2.36. The highest BCUT2D eigenvalue weighted by molar-refractivity contribution is 9.10. The molecule has 0 aliphatic heterocycles. The molecular formula is C23H22BrN3O4S. The number of aromatic nitrogens is 1. The number of carboxylic acid groups (broad SMARTS) is 1. The second-order valence-electron chi connectivity index (χ2n) is 7.70. The van der Waals surface area contributed by atoms with E-state index in [0.717, 1.165) is 22.3 Å². The molecular weight excluding hydrogens is 494 g/mol. The Hall–Kier alpha value is -2.75. The molecule has 32 heavy (non-hydrogen) atoms. The molecule has 0 bridgehead atoms. The molecule has 1 aliphatic carbocycles. The number of ether oxygens (including phenoxy) is 1. The van der Waals surface area contributed by atoms with Crippen molar-refractivity contribution in [1.29, 1.82) is 0 Å². The summed E-state index contributed by atoms with van der Waals surface area (Å²) in [6.45, 7) is 0.113. The van der Waals surface area contributed by atoms with Crippen LogP contribution in [0.4, 0.5) is 4.79 Å². The van der Waals surface area contributed by atoms with Crippen LogP contribution in [-0.4, -0.2) is 53.8 Å². The number of amides is 1. The fourth-order valence-corrected chi connectivity index (χ4v) is 5.60. The maximum atomic E-state index is 12.7. The van der Waals surface area contributed by atoms with E-state index >= 15 is 0 Å². The summed E-state index contributed by atoms with van der Waals surface area (Å²) in [5.74, 6) is -1.26. The Morgan fingerprint density at radius 2 is 1.75 bits per heavy atom. The molecule has 2 atom stereocenters. The van der Waals surface area contributed by atoms with E-state index in [1.54, 1.807) is 24.4 Å². The van der Waals surface area contributed by atoms with E-state index in [0.29, 0.717) is 9.61 Å². The predicted octanol–water partition coefficient (Wildman–Crippen LogP) is 4.50. The van der Waals surface area contributed by atoms with Crippen LogP contribution in [0.3, 0.4) is 0 Å². The summed E-state index contributed by atoms with van der Waals surface area (Å²) in [5.41, 5.74) is 4.44. The Morgan fingerprint density at radius 1 is 1.16 bits per heavy atom. The van der Waals surface area contributed by atoms with E-state index in [1.165, 1.54) is 11.3 Å². The standard InChI is InChI=1S/C23H22BrN3O4S/c1-27(2)20(21-25-18(24)12-32-21)19(22(28)29)26-23(30)31-11-17-15-9-5-3-7-13(15)14-8-4-6-10-16(14)17/h3-10,12,17,19-20H,11H2,1-2H3,(H,26,30)(H,28,29)/t19-,20?/m0/s1. The number of halogens is 1. The first-order chi connectivity index (χ1) is 15.4. The second kappa shape index (κ2) is 9.40. The first-order valence-corrected chi connectivity index (χ1v) is 11.7. The number of nitrogens with zero attached hydrogens (tertiary/aromatic N) is 2. The first-order valence-electron chi connectivity index (χ1n) is 9.98. The van der Waals surface area contributed by atoms with Crippen LogP contribution >= 0.6 is 27.3 Å². The van der Waals surface area contributed by atoms with Gasteiger partial charge in [-0.05, 0) is 52.3 Å². The quantitative estimate of drug-likeness (QED) is 0.481. The van der Waals surface area contributed by atoms with Gasteiger partial charge in [0.2, 0.25) is 0 Å². The molecule has 0 saturated heterocycles. The number of fused-ring (bicyclic) bond motifs is 3. The van der Waals surface area contributed by atoms with Crippen LogP contribution < -0.4 is 5.32 Å². The molecule has 0 fully saturated rings. The summed E-state index contributed by atoms with van der Waals surface area (Å²) < 4.78 is 6.15. The number of hydrogen-bond acceptors (Lipinski definition) is 6. The molecule has 1 aliphatic rings. The van der Waals surface area contributed by atoms with Gasteiger partial charge in [-0.15, -0.1) is 11.3 Å². The lowest BCUT2D eigenvalue weighted by Gasteiger charge is -2.28. The summed E-state index contributed by atoms with van der Waals surface area (Å²) in [5, 5.41) is 14.7. The molecule has 0 radical (unpaired) electrons. The fraction of sp³-hybridized carbons (Fsp3) is 0.261. The molecule has 1 aromatic heterocycles. The molecule has 0 spiro atoms. The van der Waals surface area contributed by atoms with E-state index in [-0.39, 0.29) is 12.5 Å². The van der Waals surface area contributed by atoms with Crippen LogP contribution in [0.1, 0.15) is 28.1 Å². The summed E-state index contributed by atoms with van der Waals surface area (Å²) in [7, 11) is 3.49. The van der Waals surface area contributed by atoms with E-state index in [9.17, 15) is 14.7 Å². The van der Waals surface area contributed by atoms with Gasteiger partial charge in [-0.3, -0.25) is 4.90 Å². The predicted molar refractivity (Wildman–Crippen MR) is 126 cm³/mol. The summed E-state index contributed by atoms with van der Waals surface area (Å²) in [6.07, 6.45) is -0.776. The number of alkyl carbamates (subject to hydrolysis) is 1. The van der Waals surface area contributed by atoms with Crippen LogP contribution in [0.15, 0.2) is 58.5 Å². The molecule has 1 unspecified atom stereocenters. The van der Waals surface area contributed by atoms with Crippen LogP contribution in [-0.2, 0) is 9.53 Å². The summed E-state index contributed by atoms with van der Waals surface area (Å²) >= 11 is 4.62. The van der Waals surface area contributed by atoms with Gasteiger partial charge in [0.15, 0.2) is 6.04 Å². The number of aliphatic carboxylic acids is 1. The van der Waals surface area contributed by atoms with E-state index in [4.69, 9.17) is 4.74 Å². The minimum absolute atomic E-state index is 0.101. The third-order valence-electron chi connectivity index (χ3n) is 5.50. The maximum absolute atomic E-state index is 12.7. The zero-order valence-electron chi connectivity index (χ0n) is 17.5. The molecule has 1 heterocycles. The van der Waals surface area contributed by atoms with Gasteiger partial charge in [-0.2, -0.15) is 0 Å². The number of nitrogens with one attached hydrogen (secondary N) is 1. The minimum atomic E-state index is -1.22.